The van der Waals surface area contributed by atoms with E-state index in [1.807, 2.05) is 0 Å². The Hall–Kier alpha value is -1.18. The van der Waals surface area contributed by atoms with Gasteiger partial charge in [-0.05, 0) is 31.2 Å². The first kappa shape index (κ1) is 15.9. The van der Waals surface area contributed by atoms with Crippen molar-refractivity contribution in [2.24, 2.45) is 0 Å². The molecule has 0 heterocycles. The number of nitrogens with one attached hydrogen (secondary N) is 2. The molecule has 0 aliphatic carbocycles. The van der Waals surface area contributed by atoms with E-state index in [0.29, 0.717) is 6.54 Å². The van der Waals surface area contributed by atoms with E-state index < -0.39 is 22.0 Å². The van der Waals surface area contributed by atoms with E-state index in [9.17, 15) is 13.2 Å². The Morgan fingerprint density at radius 3 is 2.53 bits per heavy atom. The highest BCUT2D eigenvalue weighted by atomic mass is 79.9. The second-order valence-electron chi connectivity index (χ2n) is 3.83. The SMILES string of the molecule is C=CCNC(=O)[C@@H](C)NS(=O)(=O)c1ccc(Br)cc1. The number of benzene rings is 1. The van der Waals surface area contributed by atoms with Gasteiger partial charge in [0.2, 0.25) is 15.9 Å². The summed E-state index contributed by atoms with van der Waals surface area (Å²) in [6.07, 6.45) is 1.52. The molecule has 0 saturated carbocycles. The molecule has 0 radical (unpaired) electrons. The zero-order valence-electron chi connectivity index (χ0n) is 10.4. The van der Waals surface area contributed by atoms with Crippen LogP contribution >= 0.6 is 15.9 Å². The van der Waals surface area contributed by atoms with Gasteiger partial charge >= 0.3 is 0 Å². The second-order valence-corrected chi connectivity index (χ2v) is 6.46. The summed E-state index contributed by atoms with van der Waals surface area (Å²) in [4.78, 5) is 11.7. The van der Waals surface area contributed by atoms with E-state index >= 15 is 0 Å². The van der Waals surface area contributed by atoms with Crippen molar-refractivity contribution in [1.82, 2.24) is 10.0 Å². The number of sulfonamides is 1. The van der Waals surface area contributed by atoms with E-state index in [1.54, 1.807) is 12.1 Å². The summed E-state index contributed by atoms with van der Waals surface area (Å²) < 4.78 is 27.1. The molecule has 19 heavy (non-hydrogen) atoms. The van der Waals surface area contributed by atoms with E-state index in [-0.39, 0.29) is 4.90 Å². The molecule has 5 nitrogen and oxygen atoms in total. The summed E-state index contributed by atoms with van der Waals surface area (Å²) in [6.45, 7) is 5.24. The van der Waals surface area contributed by atoms with Crippen LogP contribution in [0.1, 0.15) is 6.92 Å². The maximum atomic E-state index is 12.0. The first-order valence-electron chi connectivity index (χ1n) is 5.53. The summed E-state index contributed by atoms with van der Waals surface area (Å²) in [5, 5.41) is 2.52. The van der Waals surface area contributed by atoms with Gasteiger partial charge in [0.05, 0.1) is 10.9 Å². The van der Waals surface area contributed by atoms with Crippen LogP contribution in [0.4, 0.5) is 0 Å². The lowest BCUT2D eigenvalue weighted by Crippen LogP contribution is -2.44. The lowest BCUT2D eigenvalue weighted by atomic mass is 10.3. The second kappa shape index (κ2) is 6.83. The minimum atomic E-state index is -3.70. The normalized spacial score (nSPS) is 12.7. The lowest BCUT2D eigenvalue weighted by Gasteiger charge is -2.13. The minimum absolute atomic E-state index is 0.110. The molecular formula is C12H15BrN2O3S. The van der Waals surface area contributed by atoms with E-state index in [1.165, 1.54) is 25.1 Å². The van der Waals surface area contributed by atoms with Crippen LogP contribution in [-0.2, 0) is 14.8 Å². The number of amides is 1. The first-order valence-corrected chi connectivity index (χ1v) is 7.81. The Morgan fingerprint density at radius 1 is 1.42 bits per heavy atom. The van der Waals surface area contributed by atoms with E-state index in [0.717, 1.165) is 4.47 Å². The summed E-state index contributed by atoms with van der Waals surface area (Å²) in [7, 11) is -3.70. The zero-order chi connectivity index (χ0) is 14.5. The summed E-state index contributed by atoms with van der Waals surface area (Å²) >= 11 is 3.23. The van der Waals surface area contributed by atoms with Gasteiger partial charge in [0.1, 0.15) is 0 Å². The maximum absolute atomic E-state index is 12.0. The van der Waals surface area contributed by atoms with Gasteiger partial charge in [-0.3, -0.25) is 4.79 Å². The van der Waals surface area contributed by atoms with Crippen molar-refractivity contribution in [3.63, 3.8) is 0 Å². The van der Waals surface area contributed by atoms with Gasteiger partial charge in [0, 0.05) is 11.0 Å². The number of carbonyl (C=O) groups is 1. The quantitative estimate of drug-likeness (QED) is 0.765. The summed E-state index contributed by atoms with van der Waals surface area (Å²) in [6, 6.07) is 5.31. The molecule has 1 amide bonds. The fraction of sp³-hybridized carbons (Fsp3) is 0.250. The third-order valence-electron chi connectivity index (χ3n) is 2.27. The standard InChI is InChI=1S/C12H15BrN2O3S/c1-3-8-14-12(16)9(2)15-19(17,18)11-6-4-10(13)5-7-11/h3-7,9,15H,1,8H2,2H3,(H,14,16)/t9-/m1/s1. The number of hydrogen-bond acceptors (Lipinski definition) is 3. The third kappa shape index (κ3) is 4.77. The Balaban J connectivity index is 2.76. The Bertz CT molecular complexity index is 555. The fourth-order valence-corrected chi connectivity index (χ4v) is 2.76. The zero-order valence-corrected chi connectivity index (χ0v) is 12.8. The third-order valence-corrected chi connectivity index (χ3v) is 4.36. The van der Waals surface area contributed by atoms with Crippen LogP contribution in [0.25, 0.3) is 0 Å². The maximum Gasteiger partial charge on any atom is 0.241 e. The molecule has 2 N–H and O–H groups in total. The molecule has 104 valence electrons. The van der Waals surface area contributed by atoms with Gasteiger partial charge in [-0.15, -0.1) is 6.58 Å². The highest BCUT2D eigenvalue weighted by Crippen LogP contribution is 2.14. The minimum Gasteiger partial charge on any atom is -0.351 e. The molecule has 0 aliphatic heterocycles. The molecule has 1 aromatic carbocycles. The van der Waals surface area contributed by atoms with Crippen LogP contribution < -0.4 is 10.0 Å². The van der Waals surface area contributed by atoms with Crippen LogP contribution in [0, 0.1) is 0 Å². The average molecular weight is 347 g/mol. The smallest absolute Gasteiger partial charge is 0.241 e. The molecule has 0 aromatic heterocycles. The number of hydrogen-bond donors (Lipinski definition) is 2. The van der Waals surface area contributed by atoms with Crippen molar-refractivity contribution >= 4 is 31.9 Å². The number of halogens is 1. The van der Waals surface area contributed by atoms with Gasteiger partial charge in [-0.2, -0.15) is 4.72 Å². The highest BCUT2D eigenvalue weighted by Gasteiger charge is 2.21. The molecule has 7 heteroatoms. The summed E-state index contributed by atoms with van der Waals surface area (Å²) in [5.74, 6) is -0.402. The number of rotatable bonds is 6. The van der Waals surface area contributed by atoms with Crippen molar-refractivity contribution in [3.8, 4) is 0 Å². The summed E-state index contributed by atoms with van der Waals surface area (Å²) in [5.41, 5.74) is 0. The van der Waals surface area contributed by atoms with E-state index in [2.05, 4.69) is 32.5 Å². The molecule has 0 aliphatic rings. The van der Waals surface area contributed by atoms with Crippen molar-refractivity contribution in [1.29, 1.82) is 0 Å². The van der Waals surface area contributed by atoms with E-state index in [4.69, 9.17) is 0 Å². The molecule has 1 rings (SSSR count). The van der Waals surface area contributed by atoms with Crippen LogP contribution in [0.15, 0.2) is 46.3 Å². The predicted octanol–water partition coefficient (Wildman–Crippen LogP) is 1.42. The van der Waals surface area contributed by atoms with Gasteiger partial charge < -0.3 is 5.32 Å². The van der Waals surface area contributed by atoms with Crippen LogP contribution in [0.3, 0.4) is 0 Å². The fourth-order valence-electron chi connectivity index (χ4n) is 1.29. The van der Waals surface area contributed by atoms with Gasteiger partial charge in [-0.25, -0.2) is 8.42 Å². The monoisotopic (exact) mass is 346 g/mol. The van der Waals surface area contributed by atoms with Crippen molar-refractivity contribution in [3.05, 3.63) is 41.4 Å². The van der Waals surface area contributed by atoms with Gasteiger partial charge in [0.25, 0.3) is 0 Å². The molecule has 1 atom stereocenters. The lowest BCUT2D eigenvalue weighted by molar-refractivity contribution is -0.122. The topological polar surface area (TPSA) is 75.3 Å². The van der Waals surface area contributed by atoms with Crippen LogP contribution in [-0.4, -0.2) is 26.9 Å². The van der Waals surface area contributed by atoms with Crippen LogP contribution in [0.5, 0.6) is 0 Å². The van der Waals surface area contributed by atoms with Crippen molar-refractivity contribution in [2.75, 3.05) is 6.54 Å². The Kier molecular flexibility index (Phi) is 5.71. The molecule has 0 unspecified atom stereocenters. The van der Waals surface area contributed by atoms with Crippen LogP contribution in [0.2, 0.25) is 0 Å². The van der Waals surface area contributed by atoms with Gasteiger partial charge in [-0.1, -0.05) is 22.0 Å². The first-order chi connectivity index (χ1) is 8.86. The largest absolute Gasteiger partial charge is 0.351 e. The molecule has 0 fully saturated rings. The average Bonchev–Trinajstić information content (AvgIpc) is 2.35. The molecular weight excluding hydrogens is 332 g/mol. The highest BCUT2D eigenvalue weighted by molar-refractivity contribution is 9.10. The molecule has 1 aromatic rings. The van der Waals surface area contributed by atoms with Gasteiger partial charge in [0.15, 0.2) is 0 Å². The van der Waals surface area contributed by atoms with Crippen molar-refractivity contribution < 1.29 is 13.2 Å². The molecule has 0 bridgehead atoms. The predicted molar refractivity (Wildman–Crippen MR) is 77.1 cm³/mol. The van der Waals surface area contributed by atoms with Crippen molar-refractivity contribution in [2.45, 2.75) is 17.9 Å². The molecule has 0 spiro atoms. The number of carbonyl (C=O) groups excluding carboxylic acids is 1. The Morgan fingerprint density at radius 2 is 2.00 bits per heavy atom. The Labute approximate surface area is 121 Å². The molecule has 0 saturated heterocycles.